The number of unbranched alkanes of at least 4 members (excludes halogenated alkanes) is 1. The number of carbonyl (C=O) groups is 1. The van der Waals surface area contributed by atoms with Crippen LogP contribution in [0.3, 0.4) is 0 Å². The molecule has 24 heavy (non-hydrogen) atoms. The molecule has 4 nitrogen and oxygen atoms in total. The first kappa shape index (κ1) is 18.1. The zero-order valence-corrected chi connectivity index (χ0v) is 13.9. The summed E-state index contributed by atoms with van der Waals surface area (Å²) >= 11 is 0. The molecular weight excluding hydrogens is 336 g/mol. The van der Waals surface area contributed by atoms with Gasteiger partial charge in [-0.25, -0.2) is 17.2 Å². The Hall–Kier alpha value is -2.28. The Labute approximate surface area is 139 Å². The van der Waals surface area contributed by atoms with Crippen molar-refractivity contribution in [1.82, 2.24) is 0 Å². The second-order valence-electron chi connectivity index (χ2n) is 5.26. The number of Topliss-reactive ketones (excluding diaryl/α,β-unsaturated/α-hetero) is 1. The third-order valence-electron chi connectivity index (χ3n) is 3.40. The van der Waals surface area contributed by atoms with Gasteiger partial charge in [0.1, 0.15) is 16.5 Å². The first-order valence-corrected chi connectivity index (χ1v) is 8.93. The van der Waals surface area contributed by atoms with E-state index in [1.54, 1.807) is 0 Å². The molecule has 7 heteroatoms. The Morgan fingerprint density at radius 1 is 1.08 bits per heavy atom. The number of sulfonamides is 1. The van der Waals surface area contributed by atoms with Crippen LogP contribution in [0.2, 0.25) is 0 Å². The molecule has 0 heterocycles. The average Bonchev–Trinajstić information content (AvgIpc) is 2.54. The molecule has 0 radical (unpaired) electrons. The van der Waals surface area contributed by atoms with Gasteiger partial charge in [-0.15, -0.1) is 0 Å². The summed E-state index contributed by atoms with van der Waals surface area (Å²) in [6.07, 6.45) is 1.58. The van der Waals surface area contributed by atoms with Crippen LogP contribution in [0.4, 0.5) is 14.5 Å². The SMILES string of the molecule is CCCCC(=O)c1cc(NS(=O)(=O)c2ccccc2F)ccc1F. The van der Waals surface area contributed by atoms with Gasteiger partial charge in [0.15, 0.2) is 5.78 Å². The van der Waals surface area contributed by atoms with E-state index in [9.17, 15) is 22.0 Å². The highest BCUT2D eigenvalue weighted by molar-refractivity contribution is 7.92. The highest BCUT2D eigenvalue weighted by atomic mass is 32.2. The van der Waals surface area contributed by atoms with Crippen LogP contribution in [0.25, 0.3) is 0 Å². The Morgan fingerprint density at radius 2 is 1.79 bits per heavy atom. The Bertz CT molecular complexity index is 851. The summed E-state index contributed by atoms with van der Waals surface area (Å²) < 4.78 is 54.1. The molecule has 0 fully saturated rings. The van der Waals surface area contributed by atoms with Gasteiger partial charge in [0.25, 0.3) is 10.0 Å². The van der Waals surface area contributed by atoms with E-state index < -0.39 is 32.3 Å². The lowest BCUT2D eigenvalue weighted by molar-refractivity contribution is 0.0976. The van der Waals surface area contributed by atoms with Crippen LogP contribution in [0.15, 0.2) is 47.4 Å². The molecule has 0 aromatic heterocycles. The van der Waals surface area contributed by atoms with Crippen molar-refractivity contribution in [3.05, 3.63) is 59.7 Å². The predicted octanol–water partition coefficient (Wildman–Crippen LogP) is 4.14. The average molecular weight is 353 g/mol. The lowest BCUT2D eigenvalue weighted by Crippen LogP contribution is -2.15. The van der Waals surface area contributed by atoms with E-state index in [0.29, 0.717) is 6.42 Å². The third-order valence-corrected chi connectivity index (χ3v) is 4.82. The van der Waals surface area contributed by atoms with E-state index in [0.717, 1.165) is 30.7 Å². The van der Waals surface area contributed by atoms with Crippen molar-refractivity contribution in [1.29, 1.82) is 0 Å². The fraction of sp³-hybridized carbons (Fsp3) is 0.235. The fourth-order valence-electron chi connectivity index (χ4n) is 2.15. The van der Waals surface area contributed by atoms with Gasteiger partial charge in [0.05, 0.1) is 5.56 Å². The first-order chi connectivity index (χ1) is 11.3. The monoisotopic (exact) mass is 353 g/mol. The zero-order chi connectivity index (χ0) is 17.7. The lowest BCUT2D eigenvalue weighted by atomic mass is 10.0. The van der Waals surface area contributed by atoms with Crippen LogP contribution < -0.4 is 4.72 Å². The Kier molecular flexibility index (Phi) is 5.66. The summed E-state index contributed by atoms with van der Waals surface area (Å²) in [6, 6.07) is 8.24. The number of halogens is 2. The number of hydrogen-bond acceptors (Lipinski definition) is 3. The molecule has 1 N–H and O–H groups in total. The molecule has 0 spiro atoms. The molecule has 0 aliphatic heterocycles. The largest absolute Gasteiger partial charge is 0.294 e. The van der Waals surface area contributed by atoms with Gasteiger partial charge < -0.3 is 0 Å². The van der Waals surface area contributed by atoms with Gasteiger partial charge in [-0.1, -0.05) is 25.5 Å². The molecule has 0 amide bonds. The highest BCUT2D eigenvalue weighted by Crippen LogP contribution is 2.22. The summed E-state index contributed by atoms with van der Waals surface area (Å²) in [4.78, 5) is 11.5. The maximum absolute atomic E-state index is 13.8. The van der Waals surface area contributed by atoms with Gasteiger partial charge in [-0.05, 0) is 36.8 Å². The van der Waals surface area contributed by atoms with Crippen LogP contribution in [0.5, 0.6) is 0 Å². The van der Waals surface area contributed by atoms with Crippen LogP contribution in [-0.2, 0) is 10.0 Å². The van der Waals surface area contributed by atoms with Crippen LogP contribution in [-0.4, -0.2) is 14.2 Å². The maximum atomic E-state index is 13.8. The summed E-state index contributed by atoms with van der Waals surface area (Å²) in [5, 5.41) is 0. The molecule has 0 atom stereocenters. The van der Waals surface area contributed by atoms with Gasteiger partial charge in [0.2, 0.25) is 0 Å². The second kappa shape index (κ2) is 7.53. The van der Waals surface area contributed by atoms with Gasteiger partial charge in [-0.3, -0.25) is 9.52 Å². The number of ketones is 1. The van der Waals surface area contributed by atoms with Crippen molar-refractivity contribution in [2.24, 2.45) is 0 Å². The van der Waals surface area contributed by atoms with E-state index in [1.807, 2.05) is 6.92 Å². The normalized spacial score (nSPS) is 11.3. The maximum Gasteiger partial charge on any atom is 0.264 e. The van der Waals surface area contributed by atoms with E-state index in [4.69, 9.17) is 0 Å². The van der Waals surface area contributed by atoms with Crippen LogP contribution >= 0.6 is 0 Å². The minimum Gasteiger partial charge on any atom is -0.294 e. The number of hydrogen-bond donors (Lipinski definition) is 1. The third kappa shape index (κ3) is 4.17. The van der Waals surface area contributed by atoms with Gasteiger partial charge in [-0.2, -0.15) is 0 Å². The quantitative estimate of drug-likeness (QED) is 0.761. The van der Waals surface area contributed by atoms with Crippen molar-refractivity contribution in [2.75, 3.05) is 4.72 Å². The first-order valence-electron chi connectivity index (χ1n) is 7.45. The molecule has 2 aromatic carbocycles. The standard InChI is InChI=1S/C17H17F2NO3S/c1-2-3-7-16(21)13-11-12(9-10-14(13)18)20-24(22,23)17-8-5-4-6-15(17)19/h4-6,8-11,20H,2-3,7H2,1H3. The van der Waals surface area contributed by atoms with Crippen molar-refractivity contribution in [3.8, 4) is 0 Å². The van der Waals surface area contributed by atoms with Gasteiger partial charge in [0, 0.05) is 12.1 Å². The molecule has 2 rings (SSSR count). The summed E-state index contributed by atoms with van der Waals surface area (Å²) in [5.41, 5.74) is -0.184. The second-order valence-corrected chi connectivity index (χ2v) is 6.91. The van der Waals surface area contributed by atoms with Crippen LogP contribution in [0, 0.1) is 11.6 Å². The van der Waals surface area contributed by atoms with E-state index in [2.05, 4.69) is 4.72 Å². The van der Waals surface area contributed by atoms with Crippen molar-refractivity contribution < 1.29 is 22.0 Å². The number of carbonyl (C=O) groups excluding carboxylic acids is 1. The molecule has 0 aliphatic carbocycles. The number of benzene rings is 2. The Morgan fingerprint density at radius 3 is 2.46 bits per heavy atom. The predicted molar refractivity (Wildman–Crippen MR) is 87.5 cm³/mol. The summed E-state index contributed by atoms with van der Waals surface area (Å²) in [7, 11) is -4.18. The molecule has 0 unspecified atom stereocenters. The number of anilines is 1. The number of nitrogens with one attached hydrogen (secondary N) is 1. The molecular formula is C17H17F2NO3S. The van der Waals surface area contributed by atoms with Crippen LogP contribution in [0.1, 0.15) is 36.5 Å². The summed E-state index contributed by atoms with van der Waals surface area (Å²) in [5.74, 6) is -2.02. The molecule has 0 bridgehead atoms. The fourth-order valence-corrected chi connectivity index (χ4v) is 3.28. The zero-order valence-electron chi connectivity index (χ0n) is 13.1. The molecule has 0 saturated carbocycles. The molecule has 0 aliphatic rings. The minimum absolute atomic E-state index is 0.000462. The van der Waals surface area contributed by atoms with Crippen molar-refractivity contribution in [2.45, 2.75) is 31.1 Å². The van der Waals surface area contributed by atoms with Gasteiger partial charge >= 0.3 is 0 Å². The van der Waals surface area contributed by atoms with Crippen molar-refractivity contribution in [3.63, 3.8) is 0 Å². The highest BCUT2D eigenvalue weighted by Gasteiger charge is 2.20. The molecule has 0 saturated heterocycles. The lowest BCUT2D eigenvalue weighted by Gasteiger charge is -2.10. The minimum atomic E-state index is -4.18. The molecule has 2 aromatic rings. The summed E-state index contributed by atoms with van der Waals surface area (Å²) in [6.45, 7) is 1.91. The topological polar surface area (TPSA) is 63.2 Å². The van der Waals surface area contributed by atoms with E-state index in [1.165, 1.54) is 18.2 Å². The van der Waals surface area contributed by atoms with E-state index >= 15 is 0 Å². The Balaban J connectivity index is 2.30. The number of rotatable bonds is 7. The molecule has 128 valence electrons. The smallest absolute Gasteiger partial charge is 0.264 e. The van der Waals surface area contributed by atoms with Crippen molar-refractivity contribution >= 4 is 21.5 Å². The van der Waals surface area contributed by atoms with E-state index in [-0.39, 0.29) is 17.7 Å².